The van der Waals surface area contributed by atoms with Crippen molar-refractivity contribution in [1.82, 2.24) is 0 Å². The van der Waals surface area contributed by atoms with Crippen molar-refractivity contribution in [1.29, 1.82) is 0 Å². The van der Waals surface area contributed by atoms with E-state index in [4.69, 9.17) is 9.98 Å². The molecule has 3 aromatic rings. The normalized spacial score (nSPS) is 18.7. The van der Waals surface area contributed by atoms with Gasteiger partial charge in [-0.05, 0) is 56.5 Å². The lowest BCUT2D eigenvalue weighted by Gasteiger charge is -2.40. The highest BCUT2D eigenvalue weighted by Gasteiger charge is 2.42. The maximum Gasteiger partial charge on any atom is 0.0826 e. The standard InChI is InChI=1S/C32H34N2/c1-24(2)33-30-22-20-29(21-23-31(30)34-25(3)4)32(26-14-8-5-9-15-26,27-16-10-6-11-17-27)28-18-12-7-13-19-28/h5-25,29H,1-4H3. The molecule has 0 bridgehead atoms. The van der Waals surface area contributed by atoms with Gasteiger partial charge in [-0.15, -0.1) is 0 Å². The molecule has 0 fully saturated rings. The molecule has 0 atom stereocenters. The summed E-state index contributed by atoms with van der Waals surface area (Å²) in [6, 6.07) is 33.0. The minimum Gasteiger partial charge on any atom is -0.280 e. The Morgan fingerprint density at radius 3 is 1.15 bits per heavy atom. The summed E-state index contributed by atoms with van der Waals surface area (Å²) in [6.07, 6.45) is 8.98. The molecule has 1 aliphatic carbocycles. The average molecular weight is 447 g/mol. The Morgan fingerprint density at radius 2 is 0.853 bits per heavy atom. The van der Waals surface area contributed by atoms with Gasteiger partial charge >= 0.3 is 0 Å². The molecule has 0 aliphatic heterocycles. The highest BCUT2D eigenvalue weighted by atomic mass is 14.8. The van der Waals surface area contributed by atoms with Gasteiger partial charge in [-0.25, -0.2) is 0 Å². The topological polar surface area (TPSA) is 24.7 Å². The van der Waals surface area contributed by atoms with Gasteiger partial charge in [0, 0.05) is 18.0 Å². The van der Waals surface area contributed by atoms with Gasteiger partial charge < -0.3 is 0 Å². The molecule has 0 spiro atoms. The van der Waals surface area contributed by atoms with Crippen molar-refractivity contribution in [2.45, 2.75) is 45.2 Å². The first-order chi connectivity index (χ1) is 16.5. The Labute approximate surface area is 204 Å². The van der Waals surface area contributed by atoms with E-state index in [9.17, 15) is 0 Å². The second-order valence-corrected chi connectivity index (χ2v) is 9.37. The first-order valence-electron chi connectivity index (χ1n) is 12.2. The molecule has 0 aromatic heterocycles. The van der Waals surface area contributed by atoms with Crippen molar-refractivity contribution in [3.8, 4) is 0 Å². The van der Waals surface area contributed by atoms with Crippen LogP contribution in [-0.4, -0.2) is 23.5 Å². The third-order valence-corrected chi connectivity index (χ3v) is 6.17. The first kappa shape index (κ1) is 23.6. The second-order valence-electron chi connectivity index (χ2n) is 9.37. The fraction of sp³-hybridized carbons (Fsp3) is 0.250. The van der Waals surface area contributed by atoms with Crippen LogP contribution in [0.3, 0.4) is 0 Å². The van der Waals surface area contributed by atoms with E-state index in [1.165, 1.54) is 16.7 Å². The number of aliphatic imine (C=N–C) groups is 2. The van der Waals surface area contributed by atoms with Crippen molar-refractivity contribution in [3.05, 3.63) is 132 Å². The summed E-state index contributed by atoms with van der Waals surface area (Å²) >= 11 is 0. The van der Waals surface area contributed by atoms with E-state index in [1.54, 1.807) is 0 Å². The summed E-state index contributed by atoms with van der Waals surface area (Å²) in [6.45, 7) is 8.45. The van der Waals surface area contributed by atoms with Crippen molar-refractivity contribution in [3.63, 3.8) is 0 Å². The Hall–Kier alpha value is -3.52. The van der Waals surface area contributed by atoms with Gasteiger partial charge in [0.1, 0.15) is 0 Å². The van der Waals surface area contributed by atoms with Gasteiger partial charge in [0.05, 0.1) is 16.8 Å². The van der Waals surface area contributed by atoms with E-state index in [1.807, 2.05) is 0 Å². The summed E-state index contributed by atoms with van der Waals surface area (Å²) in [7, 11) is 0. The van der Waals surface area contributed by atoms with Crippen molar-refractivity contribution in [2.75, 3.05) is 0 Å². The molecule has 0 amide bonds. The molecule has 0 saturated carbocycles. The minimum atomic E-state index is -0.396. The van der Waals surface area contributed by atoms with Gasteiger partial charge in [-0.3, -0.25) is 9.98 Å². The number of nitrogens with zero attached hydrogens (tertiary/aromatic N) is 2. The number of hydrogen-bond donors (Lipinski definition) is 0. The molecular formula is C32H34N2. The molecule has 0 saturated heterocycles. The maximum atomic E-state index is 4.91. The van der Waals surface area contributed by atoms with Gasteiger partial charge in [0.2, 0.25) is 0 Å². The molecule has 2 nitrogen and oxygen atoms in total. The molecule has 1 aliphatic rings. The van der Waals surface area contributed by atoms with E-state index < -0.39 is 5.41 Å². The number of allylic oxidation sites excluding steroid dienone is 4. The molecule has 0 unspecified atom stereocenters. The van der Waals surface area contributed by atoms with Crippen LogP contribution in [0.25, 0.3) is 0 Å². The predicted molar refractivity (Wildman–Crippen MR) is 146 cm³/mol. The van der Waals surface area contributed by atoms with E-state index in [0.717, 1.165) is 11.4 Å². The molecule has 34 heavy (non-hydrogen) atoms. The summed E-state index contributed by atoms with van der Waals surface area (Å²) < 4.78 is 0. The lowest BCUT2D eigenvalue weighted by Crippen LogP contribution is -2.36. The van der Waals surface area contributed by atoms with Crippen molar-refractivity contribution >= 4 is 11.4 Å². The zero-order valence-corrected chi connectivity index (χ0v) is 20.6. The largest absolute Gasteiger partial charge is 0.280 e. The van der Waals surface area contributed by atoms with Gasteiger partial charge in [0.15, 0.2) is 0 Å². The summed E-state index contributed by atoms with van der Waals surface area (Å²) in [5, 5.41) is 0. The zero-order valence-electron chi connectivity index (χ0n) is 20.6. The van der Waals surface area contributed by atoms with Crippen LogP contribution in [0.5, 0.6) is 0 Å². The quantitative estimate of drug-likeness (QED) is 0.351. The van der Waals surface area contributed by atoms with Gasteiger partial charge in [-0.2, -0.15) is 0 Å². The van der Waals surface area contributed by atoms with Crippen LogP contribution in [0, 0.1) is 5.92 Å². The highest BCUT2D eigenvalue weighted by molar-refractivity contribution is 6.50. The molecule has 0 heterocycles. The van der Waals surface area contributed by atoms with Crippen LogP contribution in [-0.2, 0) is 5.41 Å². The third kappa shape index (κ3) is 4.87. The Morgan fingerprint density at radius 1 is 0.529 bits per heavy atom. The molecule has 0 radical (unpaired) electrons. The number of hydrogen-bond acceptors (Lipinski definition) is 2. The smallest absolute Gasteiger partial charge is 0.0826 e. The van der Waals surface area contributed by atoms with E-state index in [-0.39, 0.29) is 18.0 Å². The predicted octanol–water partition coefficient (Wildman–Crippen LogP) is 7.46. The van der Waals surface area contributed by atoms with Crippen LogP contribution in [0.2, 0.25) is 0 Å². The first-order valence-corrected chi connectivity index (χ1v) is 12.2. The van der Waals surface area contributed by atoms with E-state index in [2.05, 4.69) is 143 Å². The number of rotatable bonds is 6. The van der Waals surface area contributed by atoms with E-state index >= 15 is 0 Å². The van der Waals surface area contributed by atoms with Crippen LogP contribution < -0.4 is 0 Å². The lowest BCUT2D eigenvalue weighted by atomic mass is 9.61. The SMILES string of the molecule is CC(C)N=C1C=CC(C(c2ccccc2)(c2ccccc2)c2ccccc2)C=CC1=NC(C)C. The number of benzene rings is 3. The maximum absolute atomic E-state index is 4.91. The monoisotopic (exact) mass is 446 g/mol. The van der Waals surface area contributed by atoms with Crippen LogP contribution in [0.1, 0.15) is 44.4 Å². The highest BCUT2D eigenvalue weighted by Crippen LogP contribution is 2.47. The molecule has 3 aromatic carbocycles. The van der Waals surface area contributed by atoms with Crippen LogP contribution in [0.15, 0.2) is 125 Å². The minimum absolute atomic E-state index is 0.0666. The molecule has 0 N–H and O–H groups in total. The van der Waals surface area contributed by atoms with Crippen molar-refractivity contribution < 1.29 is 0 Å². The van der Waals surface area contributed by atoms with Gasteiger partial charge in [0.25, 0.3) is 0 Å². The van der Waals surface area contributed by atoms with Crippen molar-refractivity contribution in [2.24, 2.45) is 15.9 Å². The molecular weight excluding hydrogens is 412 g/mol. The second kappa shape index (κ2) is 10.6. The zero-order chi connectivity index (χ0) is 24.0. The van der Waals surface area contributed by atoms with E-state index in [0.29, 0.717) is 0 Å². The average Bonchev–Trinajstić information content (AvgIpc) is 3.04. The molecule has 2 heteroatoms. The third-order valence-electron chi connectivity index (χ3n) is 6.17. The summed E-state index contributed by atoms with van der Waals surface area (Å²) in [5.74, 6) is 0.0666. The Bertz CT molecular complexity index is 1050. The summed E-state index contributed by atoms with van der Waals surface area (Å²) in [5.41, 5.74) is 5.29. The Kier molecular flexibility index (Phi) is 7.37. The van der Waals surface area contributed by atoms with Crippen LogP contribution in [0.4, 0.5) is 0 Å². The molecule has 172 valence electrons. The lowest BCUT2D eigenvalue weighted by molar-refractivity contribution is 0.524. The molecule has 4 rings (SSSR count). The van der Waals surface area contributed by atoms with Gasteiger partial charge in [-0.1, -0.05) is 103 Å². The van der Waals surface area contributed by atoms with Crippen LogP contribution >= 0.6 is 0 Å². The fourth-order valence-electron chi connectivity index (χ4n) is 4.87. The summed E-state index contributed by atoms with van der Waals surface area (Å²) in [4.78, 5) is 9.83. The fourth-order valence-corrected chi connectivity index (χ4v) is 4.87. The Balaban J connectivity index is 2.02.